The Morgan fingerprint density at radius 3 is 2.08 bits per heavy atom. The molecule has 0 aliphatic heterocycles. The molecule has 0 aromatic heterocycles. The minimum absolute atomic E-state index is 0.0979. The third kappa shape index (κ3) is 5.66. The van der Waals surface area contributed by atoms with E-state index >= 15 is 0 Å². The minimum Gasteiger partial charge on any atom is -0.506 e. The van der Waals surface area contributed by atoms with Gasteiger partial charge in [-0.15, -0.1) is 0 Å². The first-order valence-corrected chi connectivity index (χ1v) is 10.1. The molecule has 24 heavy (non-hydrogen) atoms. The molecule has 2 N–H and O–H groups in total. The summed E-state index contributed by atoms with van der Waals surface area (Å²) in [5.41, 5.74) is 0.722. The van der Waals surface area contributed by atoms with Gasteiger partial charge in [0.1, 0.15) is 21.5 Å². The SMILES string of the molecule is CCCCCCCCCc1c(Br)c(O)c(Br)c(O)c1C(=O)OCC. The van der Waals surface area contributed by atoms with Crippen molar-refractivity contribution in [2.24, 2.45) is 0 Å². The van der Waals surface area contributed by atoms with Gasteiger partial charge in [-0.2, -0.15) is 0 Å². The number of ether oxygens (including phenoxy) is 1. The van der Waals surface area contributed by atoms with Gasteiger partial charge in [0.2, 0.25) is 0 Å². The normalized spacial score (nSPS) is 10.8. The maximum Gasteiger partial charge on any atom is 0.342 e. The first-order valence-electron chi connectivity index (χ1n) is 8.54. The lowest BCUT2D eigenvalue weighted by atomic mass is 9.99. The molecule has 136 valence electrons. The second-order valence-electron chi connectivity index (χ2n) is 5.77. The lowest BCUT2D eigenvalue weighted by molar-refractivity contribution is 0.0521. The van der Waals surface area contributed by atoms with Gasteiger partial charge in [0.25, 0.3) is 0 Å². The topological polar surface area (TPSA) is 66.8 Å². The highest BCUT2D eigenvalue weighted by Gasteiger charge is 2.26. The molecule has 0 bridgehead atoms. The second kappa shape index (κ2) is 11.0. The quantitative estimate of drug-likeness (QED) is 0.324. The number of aromatic hydroxyl groups is 2. The molecule has 0 radical (unpaired) electrons. The molecular weight excluding hydrogens is 440 g/mol. The van der Waals surface area contributed by atoms with Crippen LogP contribution >= 0.6 is 31.9 Å². The largest absolute Gasteiger partial charge is 0.506 e. The van der Waals surface area contributed by atoms with Crippen LogP contribution in [0.15, 0.2) is 8.95 Å². The fourth-order valence-corrected chi connectivity index (χ4v) is 3.89. The van der Waals surface area contributed by atoms with Gasteiger partial charge in [-0.05, 0) is 57.2 Å². The molecule has 0 saturated carbocycles. The van der Waals surface area contributed by atoms with Crippen LogP contribution in [0.4, 0.5) is 0 Å². The molecular formula is C18H26Br2O4. The number of carbonyl (C=O) groups excluding carboxylic acids is 1. The Kier molecular flexibility index (Phi) is 9.74. The van der Waals surface area contributed by atoms with E-state index < -0.39 is 5.97 Å². The van der Waals surface area contributed by atoms with Crippen LogP contribution in [-0.2, 0) is 11.2 Å². The monoisotopic (exact) mass is 464 g/mol. The molecule has 0 aliphatic carbocycles. The number of phenolic OH excluding ortho intramolecular Hbond substituents is 2. The average molecular weight is 466 g/mol. The maximum absolute atomic E-state index is 12.2. The third-order valence-electron chi connectivity index (χ3n) is 3.94. The Morgan fingerprint density at radius 1 is 0.917 bits per heavy atom. The summed E-state index contributed by atoms with van der Waals surface area (Å²) in [7, 11) is 0. The van der Waals surface area contributed by atoms with Crippen molar-refractivity contribution in [1.82, 2.24) is 0 Å². The van der Waals surface area contributed by atoms with Gasteiger partial charge in [0.05, 0.1) is 11.1 Å². The van der Waals surface area contributed by atoms with Crippen molar-refractivity contribution in [3.8, 4) is 11.5 Å². The molecule has 0 atom stereocenters. The number of hydrogen-bond donors (Lipinski definition) is 2. The van der Waals surface area contributed by atoms with Gasteiger partial charge >= 0.3 is 5.97 Å². The van der Waals surface area contributed by atoms with Gasteiger partial charge in [0.15, 0.2) is 0 Å². The van der Waals surface area contributed by atoms with Crippen molar-refractivity contribution in [2.75, 3.05) is 6.61 Å². The zero-order valence-corrected chi connectivity index (χ0v) is 17.5. The number of hydrogen-bond acceptors (Lipinski definition) is 4. The van der Waals surface area contributed by atoms with Crippen LogP contribution in [0.25, 0.3) is 0 Å². The number of rotatable bonds is 10. The summed E-state index contributed by atoms with van der Waals surface area (Å²) in [6, 6.07) is 0. The smallest absolute Gasteiger partial charge is 0.342 e. The van der Waals surface area contributed by atoms with E-state index in [-0.39, 0.29) is 28.1 Å². The molecule has 0 unspecified atom stereocenters. The Hall–Kier alpha value is -0.750. The van der Waals surface area contributed by atoms with Gasteiger partial charge in [-0.3, -0.25) is 0 Å². The summed E-state index contributed by atoms with van der Waals surface area (Å²) in [5, 5.41) is 20.4. The van der Waals surface area contributed by atoms with E-state index in [4.69, 9.17) is 4.74 Å². The molecule has 0 fully saturated rings. The standard InChI is InChI=1S/C18H26Br2O4/c1-3-5-6-7-8-9-10-11-12-13(18(23)24-4-2)16(21)15(20)17(22)14(12)19/h21-22H,3-11H2,1-2H3. The van der Waals surface area contributed by atoms with Crippen molar-refractivity contribution in [3.05, 3.63) is 20.1 Å². The average Bonchev–Trinajstić information content (AvgIpc) is 2.56. The first-order chi connectivity index (χ1) is 11.5. The Bertz CT molecular complexity index is 559. The third-order valence-corrected chi connectivity index (χ3v) is 5.54. The summed E-state index contributed by atoms with van der Waals surface area (Å²) in [6.45, 7) is 4.14. The molecule has 0 amide bonds. The first kappa shape index (κ1) is 21.3. The van der Waals surface area contributed by atoms with Crippen LogP contribution < -0.4 is 0 Å². The number of benzene rings is 1. The van der Waals surface area contributed by atoms with Gasteiger partial charge in [-0.25, -0.2) is 4.79 Å². The van der Waals surface area contributed by atoms with Crippen molar-refractivity contribution >= 4 is 37.8 Å². The van der Waals surface area contributed by atoms with E-state index in [1.807, 2.05) is 0 Å². The molecule has 1 aromatic rings. The predicted octanol–water partition coefficient (Wildman–Crippen LogP) is 6.09. The van der Waals surface area contributed by atoms with E-state index in [1.165, 1.54) is 25.7 Å². The van der Waals surface area contributed by atoms with Crippen LogP contribution in [0.3, 0.4) is 0 Å². The molecule has 1 aromatic carbocycles. The summed E-state index contributed by atoms with van der Waals surface area (Å²) in [6.07, 6.45) is 8.66. The van der Waals surface area contributed by atoms with E-state index in [0.29, 0.717) is 16.5 Å². The predicted molar refractivity (Wildman–Crippen MR) is 103 cm³/mol. The highest BCUT2D eigenvalue weighted by Crippen LogP contribution is 2.45. The zero-order valence-electron chi connectivity index (χ0n) is 14.3. The van der Waals surface area contributed by atoms with Crippen LogP contribution in [0.1, 0.15) is 74.7 Å². The Balaban J connectivity index is 2.86. The van der Waals surface area contributed by atoms with Crippen molar-refractivity contribution in [2.45, 2.75) is 65.2 Å². The molecule has 4 nitrogen and oxygen atoms in total. The van der Waals surface area contributed by atoms with Crippen LogP contribution in [-0.4, -0.2) is 22.8 Å². The second-order valence-corrected chi connectivity index (χ2v) is 7.36. The fraction of sp³-hybridized carbons (Fsp3) is 0.611. The Morgan fingerprint density at radius 2 is 1.50 bits per heavy atom. The van der Waals surface area contributed by atoms with Crippen molar-refractivity contribution in [3.63, 3.8) is 0 Å². The molecule has 0 spiro atoms. The number of unbranched alkanes of at least 4 members (excludes halogenated alkanes) is 6. The lowest BCUT2D eigenvalue weighted by Gasteiger charge is -2.16. The van der Waals surface area contributed by atoms with E-state index in [0.717, 1.165) is 19.3 Å². The molecule has 0 aliphatic rings. The van der Waals surface area contributed by atoms with E-state index in [2.05, 4.69) is 38.8 Å². The summed E-state index contributed by atoms with van der Waals surface area (Å²) >= 11 is 6.45. The Labute approximate surface area is 160 Å². The molecule has 6 heteroatoms. The fourth-order valence-electron chi connectivity index (χ4n) is 2.63. The van der Waals surface area contributed by atoms with E-state index in [1.54, 1.807) is 6.92 Å². The van der Waals surface area contributed by atoms with Gasteiger partial charge < -0.3 is 14.9 Å². The highest BCUT2D eigenvalue weighted by molar-refractivity contribution is 9.11. The van der Waals surface area contributed by atoms with Gasteiger partial charge in [0, 0.05) is 0 Å². The zero-order chi connectivity index (χ0) is 18.1. The van der Waals surface area contributed by atoms with Crippen molar-refractivity contribution < 1.29 is 19.7 Å². The summed E-state index contributed by atoms with van der Waals surface area (Å²) < 4.78 is 5.58. The summed E-state index contributed by atoms with van der Waals surface area (Å²) in [4.78, 5) is 12.2. The van der Waals surface area contributed by atoms with Crippen molar-refractivity contribution in [1.29, 1.82) is 0 Å². The van der Waals surface area contributed by atoms with Crippen LogP contribution in [0, 0.1) is 0 Å². The van der Waals surface area contributed by atoms with E-state index in [9.17, 15) is 15.0 Å². The van der Waals surface area contributed by atoms with Gasteiger partial charge in [-0.1, -0.05) is 45.4 Å². The molecule has 0 heterocycles. The van der Waals surface area contributed by atoms with Crippen LogP contribution in [0.5, 0.6) is 11.5 Å². The number of halogens is 2. The highest BCUT2D eigenvalue weighted by atomic mass is 79.9. The maximum atomic E-state index is 12.2. The number of phenols is 2. The summed E-state index contributed by atoms with van der Waals surface area (Å²) in [5.74, 6) is -0.945. The van der Waals surface area contributed by atoms with Crippen LogP contribution in [0.2, 0.25) is 0 Å². The molecule has 0 saturated heterocycles. The number of esters is 1. The lowest BCUT2D eigenvalue weighted by Crippen LogP contribution is -2.10. The number of carbonyl (C=O) groups is 1. The molecule has 1 rings (SSSR count). The minimum atomic E-state index is -0.575.